The molecule has 0 saturated carbocycles. The van der Waals surface area contributed by atoms with Gasteiger partial charge < -0.3 is 19.7 Å². The molecule has 1 aliphatic heterocycles. The maximum absolute atomic E-state index is 12.5. The summed E-state index contributed by atoms with van der Waals surface area (Å²) in [6.45, 7) is 5.45. The SMILES string of the molecule is COCc1cccc(CNC(=O)CCc2c(C)nc(N3CCOCC3)[nH]c2=O)c1. The number of carbonyl (C=O) groups excluding carboxylic acids is 1. The van der Waals surface area contributed by atoms with E-state index >= 15 is 0 Å². The van der Waals surface area contributed by atoms with E-state index in [2.05, 4.69) is 15.3 Å². The number of morpholine rings is 1. The number of methoxy groups -OCH3 is 1. The highest BCUT2D eigenvalue weighted by atomic mass is 16.5. The predicted molar refractivity (Wildman–Crippen MR) is 110 cm³/mol. The summed E-state index contributed by atoms with van der Waals surface area (Å²) in [7, 11) is 1.65. The van der Waals surface area contributed by atoms with E-state index in [0.29, 0.717) is 63.1 Å². The fraction of sp³-hybridized carbons (Fsp3) is 0.476. The summed E-state index contributed by atoms with van der Waals surface area (Å²) in [6.07, 6.45) is 0.591. The number of rotatable bonds is 8. The van der Waals surface area contributed by atoms with Crippen molar-refractivity contribution in [2.75, 3.05) is 38.3 Å². The second-order valence-corrected chi connectivity index (χ2v) is 7.08. The molecule has 1 aromatic heterocycles. The zero-order chi connectivity index (χ0) is 20.6. The summed E-state index contributed by atoms with van der Waals surface area (Å²) in [5.41, 5.74) is 3.11. The van der Waals surface area contributed by atoms with Gasteiger partial charge in [0.25, 0.3) is 5.56 Å². The highest BCUT2D eigenvalue weighted by Crippen LogP contribution is 2.11. The second kappa shape index (κ2) is 10.2. The number of nitrogens with zero attached hydrogens (tertiary/aromatic N) is 2. The monoisotopic (exact) mass is 400 g/mol. The molecule has 1 fully saturated rings. The number of aryl methyl sites for hydroxylation is 1. The van der Waals surface area contributed by atoms with Crippen molar-refractivity contribution in [2.45, 2.75) is 32.9 Å². The van der Waals surface area contributed by atoms with Crippen LogP contribution < -0.4 is 15.8 Å². The number of aromatic nitrogens is 2. The summed E-state index contributed by atoms with van der Waals surface area (Å²) in [4.78, 5) is 34.1. The maximum Gasteiger partial charge on any atom is 0.255 e. The lowest BCUT2D eigenvalue weighted by atomic mass is 10.1. The van der Waals surface area contributed by atoms with Crippen molar-refractivity contribution >= 4 is 11.9 Å². The first-order valence-electron chi connectivity index (χ1n) is 9.82. The number of anilines is 1. The number of nitrogens with one attached hydrogen (secondary N) is 2. The first-order chi connectivity index (χ1) is 14.1. The van der Waals surface area contributed by atoms with E-state index < -0.39 is 0 Å². The quantitative estimate of drug-likeness (QED) is 0.694. The Kier molecular flexibility index (Phi) is 7.37. The molecule has 1 aromatic carbocycles. The van der Waals surface area contributed by atoms with E-state index in [1.54, 1.807) is 7.11 Å². The van der Waals surface area contributed by atoms with E-state index in [0.717, 1.165) is 11.1 Å². The third kappa shape index (κ3) is 5.88. The first-order valence-corrected chi connectivity index (χ1v) is 9.82. The molecule has 0 atom stereocenters. The molecule has 156 valence electrons. The van der Waals surface area contributed by atoms with Crippen molar-refractivity contribution in [3.8, 4) is 0 Å². The molecule has 0 bridgehead atoms. The Hall–Kier alpha value is -2.71. The standard InChI is InChI=1S/C21H28N4O4/c1-15-18(20(27)24-21(23-15)25-8-10-29-11-9-25)6-7-19(26)22-13-16-4-3-5-17(12-16)14-28-2/h3-5,12H,6-11,13-14H2,1-2H3,(H,22,26)(H,23,24,27). The molecule has 29 heavy (non-hydrogen) atoms. The van der Waals surface area contributed by atoms with Crippen LogP contribution in [0.1, 0.15) is 28.8 Å². The topological polar surface area (TPSA) is 96.5 Å². The van der Waals surface area contributed by atoms with E-state index in [4.69, 9.17) is 9.47 Å². The van der Waals surface area contributed by atoms with E-state index in [1.165, 1.54) is 0 Å². The number of carbonyl (C=O) groups is 1. The summed E-state index contributed by atoms with van der Waals surface area (Å²) in [5.74, 6) is 0.471. The fourth-order valence-electron chi connectivity index (χ4n) is 3.34. The molecule has 2 heterocycles. The molecular formula is C21H28N4O4. The smallest absolute Gasteiger partial charge is 0.255 e. The van der Waals surface area contributed by atoms with Crippen LogP contribution in [0.4, 0.5) is 5.95 Å². The lowest BCUT2D eigenvalue weighted by molar-refractivity contribution is -0.121. The highest BCUT2D eigenvalue weighted by molar-refractivity contribution is 5.76. The van der Waals surface area contributed by atoms with Crippen LogP contribution in [0, 0.1) is 6.92 Å². The number of H-pyrrole nitrogens is 1. The number of ether oxygens (including phenoxy) is 2. The largest absolute Gasteiger partial charge is 0.380 e. The van der Waals surface area contributed by atoms with Gasteiger partial charge in [-0.1, -0.05) is 24.3 Å². The van der Waals surface area contributed by atoms with Gasteiger partial charge in [-0.15, -0.1) is 0 Å². The predicted octanol–water partition coefficient (Wildman–Crippen LogP) is 1.31. The van der Waals surface area contributed by atoms with Gasteiger partial charge in [0.05, 0.1) is 19.8 Å². The van der Waals surface area contributed by atoms with Crippen molar-refractivity contribution < 1.29 is 14.3 Å². The van der Waals surface area contributed by atoms with Gasteiger partial charge in [0.15, 0.2) is 0 Å². The minimum atomic E-state index is -0.181. The third-order valence-electron chi connectivity index (χ3n) is 4.91. The van der Waals surface area contributed by atoms with Crippen molar-refractivity contribution in [2.24, 2.45) is 0 Å². The van der Waals surface area contributed by atoms with Gasteiger partial charge in [-0.25, -0.2) is 4.98 Å². The lowest BCUT2D eigenvalue weighted by Gasteiger charge is -2.27. The molecule has 1 amide bonds. The van der Waals surface area contributed by atoms with Crippen LogP contribution in [0.25, 0.3) is 0 Å². The Morgan fingerprint density at radius 2 is 2.07 bits per heavy atom. The Morgan fingerprint density at radius 3 is 2.79 bits per heavy atom. The molecular weight excluding hydrogens is 372 g/mol. The van der Waals surface area contributed by atoms with Crippen LogP contribution >= 0.6 is 0 Å². The summed E-state index contributed by atoms with van der Waals surface area (Å²) in [6, 6.07) is 7.90. The molecule has 3 rings (SSSR count). The Bertz CT molecular complexity index is 890. The Morgan fingerprint density at radius 1 is 1.31 bits per heavy atom. The lowest BCUT2D eigenvalue weighted by Crippen LogP contribution is -2.38. The van der Waals surface area contributed by atoms with E-state index in [9.17, 15) is 9.59 Å². The highest BCUT2D eigenvalue weighted by Gasteiger charge is 2.16. The van der Waals surface area contributed by atoms with Gasteiger partial charge in [-0.05, 0) is 24.5 Å². The second-order valence-electron chi connectivity index (χ2n) is 7.08. The maximum atomic E-state index is 12.5. The van der Waals surface area contributed by atoms with Crippen molar-refractivity contribution in [1.29, 1.82) is 0 Å². The van der Waals surface area contributed by atoms with Crippen molar-refractivity contribution in [3.63, 3.8) is 0 Å². The molecule has 1 saturated heterocycles. The number of amides is 1. The zero-order valence-corrected chi connectivity index (χ0v) is 17.0. The normalized spacial score (nSPS) is 14.1. The number of hydrogen-bond donors (Lipinski definition) is 2. The van der Waals surface area contributed by atoms with Crippen LogP contribution in [0.2, 0.25) is 0 Å². The van der Waals surface area contributed by atoms with E-state index in [1.807, 2.05) is 36.1 Å². The average Bonchev–Trinajstić information content (AvgIpc) is 2.73. The molecule has 8 nitrogen and oxygen atoms in total. The number of hydrogen-bond acceptors (Lipinski definition) is 6. The fourth-order valence-corrected chi connectivity index (χ4v) is 3.34. The third-order valence-corrected chi connectivity index (χ3v) is 4.91. The van der Waals surface area contributed by atoms with Crippen molar-refractivity contribution in [3.05, 3.63) is 57.0 Å². The van der Waals surface area contributed by atoms with Gasteiger partial charge in [0.2, 0.25) is 11.9 Å². The first kappa shape index (κ1) is 21.0. The van der Waals surface area contributed by atoms with Crippen LogP contribution in [0.5, 0.6) is 0 Å². The number of aromatic amines is 1. The summed E-state index contributed by atoms with van der Waals surface area (Å²) < 4.78 is 10.5. The minimum Gasteiger partial charge on any atom is -0.380 e. The summed E-state index contributed by atoms with van der Waals surface area (Å²) in [5, 5.41) is 2.91. The average molecular weight is 400 g/mol. The number of benzene rings is 1. The van der Waals surface area contributed by atoms with Gasteiger partial charge >= 0.3 is 0 Å². The van der Waals surface area contributed by atoms with Crippen molar-refractivity contribution in [1.82, 2.24) is 15.3 Å². The Labute approximate surface area is 170 Å². The molecule has 0 unspecified atom stereocenters. The molecule has 8 heteroatoms. The zero-order valence-electron chi connectivity index (χ0n) is 17.0. The van der Waals surface area contributed by atoms with Crippen LogP contribution in [-0.2, 0) is 33.8 Å². The van der Waals surface area contributed by atoms with Gasteiger partial charge in [-0.2, -0.15) is 0 Å². The van der Waals surface area contributed by atoms with Gasteiger partial charge in [-0.3, -0.25) is 14.6 Å². The Balaban J connectivity index is 1.54. The molecule has 0 radical (unpaired) electrons. The van der Waals surface area contributed by atoms with E-state index in [-0.39, 0.29) is 17.9 Å². The molecule has 1 aliphatic rings. The van der Waals surface area contributed by atoms with Crippen LogP contribution in [-0.4, -0.2) is 49.3 Å². The minimum absolute atomic E-state index is 0.0989. The van der Waals surface area contributed by atoms with Crippen LogP contribution in [0.3, 0.4) is 0 Å². The molecule has 2 N–H and O–H groups in total. The molecule has 0 spiro atoms. The van der Waals surface area contributed by atoms with Crippen LogP contribution in [0.15, 0.2) is 29.1 Å². The van der Waals surface area contributed by atoms with Gasteiger partial charge in [0, 0.05) is 44.4 Å². The van der Waals surface area contributed by atoms with Gasteiger partial charge in [0.1, 0.15) is 0 Å². The molecule has 2 aromatic rings. The summed E-state index contributed by atoms with van der Waals surface area (Å²) >= 11 is 0. The molecule has 0 aliphatic carbocycles.